The van der Waals surface area contributed by atoms with Gasteiger partial charge in [-0.3, -0.25) is 0 Å². The van der Waals surface area contributed by atoms with Gasteiger partial charge in [-0.1, -0.05) is 23.3 Å². The maximum absolute atomic E-state index is 12.3. The highest BCUT2D eigenvalue weighted by atomic mass is 16.5. The van der Waals surface area contributed by atoms with Gasteiger partial charge in [-0.05, 0) is 18.5 Å². The van der Waals surface area contributed by atoms with Gasteiger partial charge in [0.05, 0.1) is 18.3 Å². The van der Waals surface area contributed by atoms with Gasteiger partial charge in [0.15, 0.2) is 0 Å². The van der Waals surface area contributed by atoms with Crippen LogP contribution in [0, 0.1) is 0 Å². The van der Waals surface area contributed by atoms with Crippen molar-refractivity contribution in [3.63, 3.8) is 0 Å². The van der Waals surface area contributed by atoms with E-state index >= 15 is 0 Å². The van der Waals surface area contributed by atoms with Crippen molar-refractivity contribution in [1.29, 1.82) is 0 Å². The Morgan fingerprint density at radius 1 is 1.57 bits per heavy atom. The summed E-state index contributed by atoms with van der Waals surface area (Å²) in [7, 11) is 0. The summed E-state index contributed by atoms with van der Waals surface area (Å²) >= 11 is 0. The van der Waals surface area contributed by atoms with E-state index in [0.29, 0.717) is 17.8 Å². The second kappa shape index (κ2) is 5.12. The molecular formula is C14H14N4O3. The largest absolute Gasteiger partial charge is 0.462 e. The molecular weight excluding hydrogens is 272 g/mol. The lowest BCUT2D eigenvalue weighted by molar-refractivity contribution is 0.0526. The zero-order valence-corrected chi connectivity index (χ0v) is 11.4. The van der Waals surface area contributed by atoms with Gasteiger partial charge in [-0.2, -0.15) is 0 Å². The number of hydrogen-bond donors (Lipinski definition) is 1. The van der Waals surface area contributed by atoms with E-state index in [1.165, 1.54) is 0 Å². The third-order valence-corrected chi connectivity index (χ3v) is 3.68. The summed E-state index contributed by atoms with van der Waals surface area (Å²) in [6, 6.07) is 6.61. The molecule has 0 aliphatic carbocycles. The fourth-order valence-electron chi connectivity index (χ4n) is 2.90. The van der Waals surface area contributed by atoms with E-state index in [9.17, 15) is 9.90 Å². The van der Waals surface area contributed by atoms with Crippen molar-refractivity contribution in [2.24, 2.45) is 5.11 Å². The number of carbonyl (C=O) groups is 1. The Morgan fingerprint density at radius 2 is 2.33 bits per heavy atom. The lowest BCUT2D eigenvalue weighted by Gasteiger charge is -2.09. The smallest absolute Gasteiger partial charge is 0.340 e. The maximum Gasteiger partial charge on any atom is 0.340 e. The number of aliphatic hydroxyl groups is 1. The van der Waals surface area contributed by atoms with Crippen LogP contribution < -0.4 is 0 Å². The lowest BCUT2D eigenvalue weighted by Crippen LogP contribution is -2.14. The van der Waals surface area contributed by atoms with Crippen LogP contribution in [0.1, 0.15) is 29.0 Å². The van der Waals surface area contributed by atoms with E-state index in [1.54, 1.807) is 6.92 Å². The summed E-state index contributed by atoms with van der Waals surface area (Å²) < 4.78 is 6.94. The van der Waals surface area contributed by atoms with Gasteiger partial charge in [0, 0.05) is 28.1 Å². The fraction of sp³-hybridized carbons (Fsp3) is 0.357. The van der Waals surface area contributed by atoms with E-state index in [4.69, 9.17) is 10.3 Å². The third-order valence-electron chi connectivity index (χ3n) is 3.68. The van der Waals surface area contributed by atoms with E-state index < -0.39 is 18.1 Å². The summed E-state index contributed by atoms with van der Waals surface area (Å²) in [4.78, 5) is 15.1. The second-order valence-corrected chi connectivity index (χ2v) is 4.83. The number of carbonyl (C=O) groups excluding carboxylic acids is 1. The highest BCUT2D eigenvalue weighted by molar-refractivity contribution is 6.06. The van der Waals surface area contributed by atoms with Gasteiger partial charge in [0.25, 0.3) is 0 Å². The van der Waals surface area contributed by atoms with Gasteiger partial charge < -0.3 is 14.4 Å². The molecule has 1 aliphatic heterocycles. The topological polar surface area (TPSA) is 100 Å². The van der Waals surface area contributed by atoms with Crippen LogP contribution in [0.3, 0.4) is 0 Å². The molecule has 2 atom stereocenters. The molecule has 0 radical (unpaired) electrons. The summed E-state index contributed by atoms with van der Waals surface area (Å²) in [5, 5.41) is 14.5. The van der Waals surface area contributed by atoms with Gasteiger partial charge in [-0.25, -0.2) is 4.79 Å². The number of para-hydroxylation sites is 1. The number of esters is 1. The van der Waals surface area contributed by atoms with E-state index in [1.807, 2.05) is 28.8 Å². The van der Waals surface area contributed by atoms with Crippen molar-refractivity contribution in [1.82, 2.24) is 4.57 Å². The quantitative estimate of drug-likeness (QED) is 0.406. The normalized spacial score (nSPS) is 20.1. The lowest BCUT2D eigenvalue weighted by atomic mass is 10.0. The molecule has 2 aromatic rings. The average molecular weight is 286 g/mol. The molecule has 0 bridgehead atoms. The second-order valence-electron chi connectivity index (χ2n) is 4.83. The number of rotatable bonds is 3. The Hall–Kier alpha value is -2.50. The summed E-state index contributed by atoms with van der Waals surface area (Å²) in [6.45, 7) is 2.28. The molecule has 1 aromatic carbocycles. The SMILES string of the molecule is CCOC(=O)c1c2n(c3ccccc13)C[C@@H](O)[C@@H]2N=[N+]=[N-]. The first kappa shape index (κ1) is 13.5. The van der Waals surface area contributed by atoms with Crippen LogP contribution in [0.2, 0.25) is 0 Å². The van der Waals surface area contributed by atoms with Crippen LogP contribution in [0.15, 0.2) is 29.4 Å². The van der Waals surface area contributed by atoms with Gasteiger partial charge in [0.2, 0.25) is 0 Å². The molecule has 0 saturated carbocycles. The molecule has 7 heteroatoms. The predicted octanol–water partition coefficient (Wildman–Crippen LogP) is 2.54. The van der Waals surface area contributed by atoms with E-state index in [2.05, 4.69) is 10.0 Å². The van der Waals surface area contributed by atoms with Crippen molar-refractivity contribution < 1.29 is 14.6 Å². The first-order valence-corrected chi connectivity index (χ1v) is 6.69. The number of benzene rings is 1. The van der Waals surface area contributed by atoms with Gasteiger partial charge >= 0.3 is 5.97 Å². The highest BCUT2D eigenvalue weighted by Gasteiger charge is 2.37. The number of azide groups is 1. The minimum Gasteiger partial charge on any atom is -0.462 e. The van der Waals surface area contributed by atoms with Crippen molar-refractivity contribution in [2.45, 2.75) is 25.6 Å². The van der Waals surface area contributed by atoms with Crippen LogP contribution in [-0.2, 0) is 11.3 Å². The van der Waals surface area contributed by atoms with E-state index in [-0.39, 0.29) is 6.61 Å². The number of aromatic nitrogens is 1. The van der Waals surface area contributed by atoms with Crippen LogP contribution in [0.4, 0.5) is 0 Å². The summed E-state index contributed by atoms with van der Waals surface area (Å²) in [6.07, 6.45) is -0.839. The third kappa shape index (κ3) is 1.94. The molecule has 0 amide bonds. The van der Waals surface area contributed by atoms with Crippen LogP contribution in [-0.4, -0.2) is 28.4 Å². The number of fused-ring (bicyclic) bond motifs is 3. The molecule has 7 nitrogen and oxygen atoms in total. The molecule has 0 saturated heterocycles. The highest BCUT2D eigenvalue weighted by Crippen LogP contribution is 2.39. The number of aliphatic hydroxyl groups excluding tert-OH is 1. The summed E-state index contributed by atoms with van der Waals surface area (Å²) in [5.74, 6) is -0.463. The number of hydrogen-bond acceptors (Lipinski definition) is 4. The van der Waals surface area contributed by atoms with Crippen molar-refractivity contribution in [3.8, 4) is 0 Å². The molecule has 0 fully saturated rings. The molecule has 0 spiro atoms. The van der Waals surface area contributed by atoms with Crippen molar-refractivity contribution in [2.75, 3.05) is 6.61 Å². The van der Waals surface area contributed by atoms with Crippen LogP contribution >= 0.6 is 0 Å². The molecule has 1 aromatic heterocycles. The fourth-order valence-corrected chi connectivity index (χ4v) is 2.90. The zero-order valence-electron chi connectivity index (χ0n) is 11.4. The Labute approximate surface area is 120 Å². The molecule has 3 rings (SSSR count). The Kier molecular flexibility index (Phi) is 3.29. The minimum atomic E-state index is -0.839. The Morgan fingerprint density at radius 3 is 3.05 bits per heavy atom. The first-order valence-electron chi connectivity index (χ1n) is 6.69. The van der Waals surface area contributed by atoms with Crippen LogP contribution in [0.5, 0.6) is 0 Å². The molecule has 21 heavy (non-hydrogen) atoms. The maximum atomic E-state index is 12.3. The Balaban J connectivity index is 2.30. The average Bonchev–Trinajstić information content (AvgIpc) is 2.95. The zero-order chi connectivity index (χ0) is 15.0. The molecule has 0 unspecified atom stereocenters. The monoisotopic (exact) mass is 286 g/mol. The number of nitrogens with zero attached hydrogens (tertiary/aromatic N) is 4. The summed E-state index contributed by atoms with van der Waals surface area (Å²) in [5.41, 5.74) is 10.4. The van der Waals surface area contributed by atoms with Crippen molar-refractivity contribution >= 4 is 16.9 Å². The Bertz CT molecular complexity index is 761. The molecule has 1 N–H and O–H groups in total. The number of ether oxygens (including phenoxy) is 1. The minimum absolute atomic E-state index is 0.256. The molecule has 1 aliphatic rings. The predicted molar refractivity (Wildman–Crippen MR) is 75.8 cm³/mol. The van der Waals surface area contributed by atoms with Crippen LogP contribution in [0.25, 0.3) is 21.3 Å². The standard InChI is InChI=1S/C14H14N4O3/c1-2-21-14(20)11-8-5-3-4-6-9(8)18-7-10(19)12(13(11)18)16-17-15/h3-6,10,12,19H,2,7H2,1H3/t10-,12+/m1/s1. The van der Waals surface area contributed by atoms with Crippen molar-refractivity contribution in [3.05, 3.63) is 46.0 Å². The van der Waals surface area contributed by atoms with Gasteiger partial charge in [0.1, 0.15) is 6.04 Å². The first-order chi connectivity index (χ1) is 10.2. The molecule has 108 valence electrons. The van der Waals surface area contributed by atoms with Gasteiger partial charge in [-0.15, -0.1) is 0 Å². The van der Waals surface area contributed by atoms with E-state index in [0.717, 1.165) is 10.9 Å². The molecule has 2 heterocycles.